The van der Waals surface area contributed by atoms with Crippen LogP contribution in [0, 0.1) is 5.92 Å². The van der Waals surface area contributed by atoms with Crippen molar-refractivity contribution in [3.8, 4) is 22.9 Å². The SMILES string of the molecule is CCc1oc(-c2ccc(C(C)C)cc2)nc1CI.CCc1oc(-c2ccc(C(C)C)cc2)nc1CO[C@H]1CCC[C@@H](COC(C)(Cc2ccccc2)C(=O)O)C1. The molecule has 56 heavy (non-hydrogen) atoms. The van der Waals surface area contributed by atoms with Gasteiger partial charge < -0.3 is 23.4 Å². The number of aromatic nitrogens is 2. The number of hydrogen-bond acceptors (Lipinski definition) is 7. The minimum atomic E-state index is -1.25. The summed E-state index contributed by atoms with van der Waals surface area (Å²) in [6, 6.07) is 26.5. The van der Waals surface area contributed by atoms with Gasteiger partial charge in [-0.25, -0.2) is 14.8 Å². The maximum absolute atomic E-state index is 12.1. The molecular weight excluding hydrogens is 815 g/mol. The van der Waals surface area contributed by atoms with Crippen LogP contribution < -0.4 is 0 Å². The average molecular weight is 875 g/mol. The van der Waals surface area contributed by atoms with Crippen molar-refractivity contribution in [3.05, 3.63) is 118 Å². The van der Waals surface area contributed by atoms with E-state index in [1.807, 2.05) is 30.3 Å². The van der Waals surface area contributed by atoms with Crippen LogP contribution in [0.1, 0.15) is 126 Å². The fraction of sp³-hybridized carbons (Fsp3) is 0.468. The van der Waals surface area contributed by atoms with Crippen molar-refractivity contribution in [3.63, 3.8) is 0 Å². The van der Waals surface area contributed by atoms with Crippen molar-refractivity contribution >= 4 is 28.6 Å². The van der Waals surface area contributed by atoms with E-state index >= 15 is 0 Å². The van der Waals surface area contributed by atoms with E-state index < -0.39 is 11.6 Å². The van der Waals surface area contributed by atoms with Crippen molar-refractivity contribution in [1.82, 2.24) is 9.97 Å². The van der Waals surface area contributed by atoms with Crippen LogP contribution >= 0.6 is 22.6 Å². The van der Waals surface area contributed by atoms with Crippen LogP contribution in [0.5, 0.6) is 0 Å². The van der Waals surface area contributed by atoms with Gasteiger partial charge in [-0.15, -0.1) is 0 Å². The van der Waals surface area contributed by atoms with Crippen molar-refractivity contribution in [2.45, 2.75) is 128 Å². The smallest absolute Gasteiger partial charge is 0.336 e. The van der Waals surface area contributed by atoms with Crippen LogP contribution in [-0.2, 0) is 44.6 Å². The number of carbonyl (C=O) groups is 1. The maximum Gasteiger partial charge on any atom is 0.336 e. The molecule has 0 aliphatic heterocycles. The molecule has 2 aromatic heterocycles. The summed E-state index contributed by atoms with van der Waals surface area (Å²) in [6.07, 6.45) is 5.97. The van der Waals surface area contributed by atoms with Crippen LogP contribution in [0.4, 0.5) is 0 Å². The summed E-state index contributed by atoms with van der Waals surface area (Å²) >= 11 is 2.33. The molecule has 0 radical (unpaired) electrons. The lowest BCUT2D eigenvalue weighted by atomic mass is 9.87. The van der Waals surface area contributed by atoms with Gasteiger partial charge in [0, 0.05) is 34.8 Å². The van der Waals surface area contributed by atoms with E-state index in [0.717, 1.165) is 88.4 Å². The largest absolute Gasteiger partial charge is 0.479 e. The van der Waals surface area contributed by atoms with Gasteiger partial charge in [0.1, 0.15) is 17.2 Å². The second-order valence-electron chi connectivity index (χ2n) is 15.6. The Morgan fingerprint density at radius 2 is 1.36 bits per heavy atom. The van der Waals surface area contributed by atoms with Gasteiger partial charge in [0.05, 0.1) is 25.0 Å². The van der Waals surface area contributed by atoms with E-state index in [-0.39, 0.29) is 12.0 Å². The van der Waals surface area contributed by atoms with E-state index in [9.17, 15) is 9.90 Å². The van der Waals surface area contributed by atoms with Gasteiger partial charge in [-0.1, -0.05) is 125 Å². The lowest BCUT2D eigenvalue weighted by Gasteiger charge is -2.32. The number of benzene rings is 3. The lowest BCUT2D eigenvalue weighted by molar-refractivity contribution is -0.166. The molecule has 1 fully saturated rings. The molecule has 8 nitrogen and oxygen atoms in total. The van der Waals surface area contributed by atoms with Gasteiger partial charge in [0.2, 0.25) is 11.8 Å². The molecule has 300 valence electrons. The second kappa shape index (κ2) is 20.6. The van der Waals surface area contributed by atoms with Crippen LogP contribution in [0.25, 0.3) is 22.9 Å². The Bertz CT molecular complexity index is 1930. The minimum absolute atomic E-state index is 0.0951. The molecule has 0 bridgehead atoms. The van der Waals surface area contributed by atoms with E-state index in [1.165, 1.54) is 11.1 Å². The van der Waals surface area contributed by atoms with Gasteiger partial charge in [-0.2, -0.15) is 0 Å². The highest BCUT2D eigenvalue weighted by Gasteiger charge is 2.36. The highest BCUT2D eigenvalue weighted by Crippen LogP contribution is 2.31. The van der Waals surface area contributed by atoms with Gasteiger partial charge >= 0.3 is 5.97 Å². The Labute approximate surface area is 347 Å². The standard InChI is InChI=1S/C32H41NO5.C15H18INO/c1-5-29-28(33-30(38-29)26-16-14-25(15-17-26)22(2)3)21-36-27-13-9-12-24(18-27)20-37-32(4,31(34)35)19-23-10-7-6-8-11-23;1-4-14-13(9-16)17-15(18-14)12-7-5-11(6-8-12)10(2)3/h6-8,10-11,14-17,22,24,27H,5,9,12-13,18-21H2,1-4H3,(H,34,35);5-8,10H,4,9H2,1-3H3/t24-,27+,32?;/m1./s1. The molecule has 1 aliphatic rings. The zero-order chi connectivity index (χ0) is 40.2. The van der Waals surface area contributed by atoms with Crippen molar-refractivity contribution in [2.75, 3.05) is 6.61 Å². The summed E-state index contributed by atoms with van der Waals surface area (Å²) in [5, 5.41) is 9.89. The summed E-state index contributed by atoms with van der Waals surface area (Å²) in [5.74, 6) is 3.62. The number of alkyl halides is 1. The first kappa shape index (κ1) is 43.3. The zero-order valence-corrected chi connectivity index (χ0v) is 36.3. The fourth-order valence-corrected chi connectivity index (χ4v) is 7.62. The quantitative estimate of drug-likeness (QED) is 0.0771. The Hall–Kier alpha value is -3.80. The van der Waals surface area contributed by atoms with Gasteiger partial charge in [-0.05, 0) is 84.9 Å². The molecule has 2 heterocycles. The topological polar surface area (TPSA) is 108 Å². The first-order valence-corrected chi connectivity index (χ1v) is 21.7. The third-order valence-corrected chi connectivity index (χ3v) is 11.4. The molecule has 9 heteroatoms. The molecule has 1 aliphatic carbocycles. The summed E-state index contributed by atoms with van der Waals surface area (Å²) in [5.41, 5.74) is 6.30. The third-order valence-electron chi connectivity index (χ3n) is 10.6. The van der Waals surface area contributed by atoms with Crippen LogP contribution in [0.2, 0.25) is 0 Å². The number of rotatable bonds is 16. The molecule has 1 unspecified atom stereocenters. The number of ether oxygens (including phenoxy) is 2. The van der Waals surface area contributed by atoms with Gasteiger partial charge in [-0.3, -0.25) is 0 Å². The summed E-state index contributed by atoms with van der Waals surface area (Å²) in [6.45, 7) is 15.4. The summed E-state index contributed by atoms with van der Waals surface area (Å²) in [4.78, 5) is 21.4. The third kappa shape index (κ3) is 11.6. The number of halogens is 1. The Balaban J connectivity index is 0.000000278. The number of oxazole rings is 2. The highest BCUT2D eigenvalue weighted by molar-refractivity contribution is 14.1. The van der Waals surface area contributed by atoms with Crippen LogP contribution in [0.3, 0.4) is 0 Å². The molecule has 3 atom stereocenters. The number of hydrogen-bond donors (Lipinski definition) is 1. The van der Waals surface area contributed by atoms with Gasteiger partial charge in [0.15, 0.2) is 5.60 Å². The predicted molar refractivity (Wildman–Crippen MR) is 231 cm³/mol. The highest BCUT2D eigenvalue weighted by atomic mass is 127. The molecule has 5 aromatic rings. The predicted octanol–water partition coefficient (Wildman–Crippen LogP) is 12.2. The molecule has 6 rings (SSSR count). The Kier molecular flexibility index (Phi) is 15.9. The van der Waals surface area contributed by atoms with E-state index in [4.69, 9.17) is 23.3 Å². The van der Waals surface area contributed by atoms with Gasteiger partial charge in [0.25, 0.3) is 0 Å². The normalized spacial score (nSPS) is 16.8. The number of aliphatic carboxylic acids is 1. The molecule has 3 aromatic carbocycles. The average Bonchev–Trinajstić information content (AvgIpc) is 3.84. The second-order valence-corrected chi connectivity index (χ2v) is 16.4. The molecule has 0 amide bonds. The number of aryl methyl sites for hydroxylation is 2. The molecule has 1 saturated carbocycles. The van der Waals surface area contributed by atoms with Crippen molar-refractivity contribution in [2.24, 2.45) is 5.92 Å². The first-order valence-electron chi connectivity index (χ1n) is 20.2. The van der Waals surface area contributed by atoms with E-state index in [1.54, 1.807) is 6.92 Å². The first-order chi connectivity index (χ1) is 26.9. The zero-order valence-electron chi connectivity index (χ0n) is 34.1. The summed E-state index contributed by atoms with van der Waals surface area (Å²) in [7, 11) is 0. The molecule has 1 N–H and O–H groups in total. The van der Waals surface area contributed by atoms with E-state index in [2.05, 4.69) is 118 Å². The Morgan fingerprint density at radius 1 is 0.821 bits per heavy atom. The minimum Gasteiger partial charge on any atom is -0.479 e. The fourth-order valence-electron chi connectivity index (χ4n) is 7.02. The van der Waals surface area contributed by atoms with Crippen molar-refractivity contribution < 1.29 is 28.2 Å². The Morgan fingerprint density at radius 3 is 1.84 bits per heavy atom. The van der Waals surface area contributed by atoms with Crippen LogP contribution in [-0.4, -0.2) is 39.4 Å². The van der Waals surface area contributed by atoms with Crippen LogP contribution in [0.15, 0.2) is 87.7 Å². The molecular formula is C47H59IN2O6. The number of carboxylic acid groups (broad SMARTS) is 1. The molecule has 0 spiro atoms. The maximum atomic E-state index is 12.1. The lowest BCUT2D eigenvalue weighted by Crippen LogP contribution is -2.42. The number of carboxylic acids is 1. The monoisotopic (exact) mass is 874 g/mol. The van der Waals surface area contributed by atoms with E-state index in [0.29, 0.717) is 37.4 Å². The summed E-state index contributed by atoms with van der Waals surface area (Å²) < 4.78 is 25.2. The molecule has 0 saturated heterocycles. The number of nitrogens with zero attached hydrogens (tertiary/aromatic N) is 2. The van der Waals surface area contributed by atoms with Crippen molar-refractivity contribution in [1.29, 1.82) is 0 Å².